The van der Waals surface area contributed by atoms with E-state index >= 15 is 0 Å². The maximum atomic E-state index is 5.01. The van der Waals surface area contributed by atoms with Crippen LogP contribution in [0.2, 0.25) is 0 Å². The number of H-pyrrole nitrogens is 1. The molecule has 1 rings (SSSR count). The molecule has 0 fully saturated rings. The zero-order valence-corrected chi connectivity index (χ0v) is 10.8. The summed E-state index contributed by atoms with van der Waals surface area (Å²) in [5, 5.41) is 0. The van der Waals surface area contributed by atoms with Gasteiger partial charge in [-0.2, -0.15) is 0 Å². The van der Waals surface area contributed by atoms with E-state index in [1.807, 2.05) is 30.3 Å². The average Bonchev–Trinajstić information content (AvgIpc) is 2.12. The summed E-state index contributed by atoms with van der Waals surface area (Å²) in [7, 11) is 22.0. The Morgan fingerprint density at radius 1 is 1.27 bits per heavy atom. The molecule has 0 aliphatic heterocycles. The predicted octanol–water partition coefficient (Wildman–Crippen LogP) is -0.399. The third kappa shape index (κ3) is 14.0. The van der Waals surface area contributed by atoms with Crippen LogP contribution in [-0.2, 0) is 7.05 Å². The Morgan fingerprint density at radius 3 is 1.82 bits per heavy atom. The minimum atomic E-state index is -3.05. The van der Waals surface area contributed by atoms with Crippen molar-refractivity contribution in [2.24, 2.45) is 7.05 Å². The normalized spacial score (nSPS) is 11.7. The molecule has 0 atom stereocenters. The molecule has 0 aromatic carbocycles. The molecule has 68 valence electrons. The Labute approximate surface area is 84.1 Å². The summed E-state index contributed by atoms with van der Waals surface area (Å²) in [5.41, 5.74) is 0. The number of aromatic amines is 1. The summed E-state index contributed by atoms with van der Waals surface area (Å²) in [6.07, 6.45) is 5.69. The van der Waals surface area contributed by atoms with Crippen LogP contribution >= 0.6 is 35.6 Å². The molecular formula is C4H7Cl4IN2. The van der Waals surface area contributed by atoms with Crippen LogP contribution in [0.3, 0.4) is 0 Å². The number of aromatic nitrogens is 2. The number of hydrogen-bond donors (Lipinski definition) is 1. The van der Waals surface area contributed by atoms with E-state index in [4.69, 9.17) is 35.6 Å². The van der Waals surface area contributed by atoms with Crippen LogP contribution in [0, 0.1) is 0 Å². The molecule has 0 saturated heterocycles. The van der Waals surface area contributed by atoms with Gasteiger partial charge >= 0.3 is 49.6 Å². The van der Waals surface area contributed by atoms with Crippen LogP contribution in [0.5, 0.6) is 0 Å². The van der Waals surface area contributed by atoms with Gasteiger partial charge in [-0.1, -0.05) is 0 Å². The van der Waals surface area contributed by atoms with Crippen LogP contribution in [0.4, 0.5) is 0 Å². The van der Waals surface area contributed by atoms with E-state index in [-0.39, 0.29) is 0 Å². The second-order valence-electron chi connectivity index (χ2n) is 1.60. The van der Waals surface area contributed by atoms with Crippen LogP contribution in [0.1, 0.15) is 0 Å². The van der Waals surface area contributed by atoms with Crippen molar-refractivity contribution in [3.8, 4) is 0 Å². The van der Waals surface area contributed by atoms with Crippen LogP contribution in [-0.4, -0.2) is 4.98 Å². The van der Waals surface area contributed by atoms with Crippen molar-refractivity contribution in [2.75, 3.05) is 0 Å². The molecule has 2 nitrogen and oxygen atoms in total. The molecule has 0 amide bonds. The molecular weight excluding hydrogens is 345 g/mol. The molecule has 0 unspecified atom stereocenters. The van der Waals surface area contributed by atoms with Gasteiger partial charge in [0, 0.05) is 0 Å². The third-order valence-corrected chi connectivity index (χ3v) is 0.684. The first-order valence-electron chi connectivity index (χ1n) is 2.45. The van der Waals surface area contributed by atoms with Crippen molar-refractivity contribution < 1.29 is 18.5 Å². The number of halogens is 5. The Bertz CT molecular complexity index is 176. The van der Waals surface area contributed by atoms with E-state index in [0.717, 1.165) is 0 Å². The van der Waals surface area contributed by atoms with Crippen molar-refractivity contribution in [3.05, 3.63) is 18.7 Å². The molecule has 1 aromatic rings. The van der Waals surface area contributed by atoms with Gasteiger partial charge in [0.05, 0.1) is 7.05 Å². The monoisotopic (exact) mass is 350 g/mol. The standard InChI is InChI=1S/C4H6N2.Cl4I/c1-6-3-2-5-4-6;1-5(2,3)4/h2-4H,1H3;/q;-1/p+1. The summed E-state index contributed by atoms with van der Waals surface area (Å²) in [6.45, 7) is 0. The molecule has 0 radical (unpaired) electrons. The average molecular weight is 352 g/mol. The quantitative estimate of drug-likeness (QED) is 0.485. The number of rotatable bonds is 0. The second-order valence-corrected chi connectivity index (χ2v) is 20.8. The molecule has 11 heavy (non-hydrogen) atoms. The van der Waals surface area contributed by atoms with E-state index in [0.29, 0.717) is 0 Å². The van der Waals surface area contributed by atoms with Gasteiger partial charge in [0.25, 0.3) is 0 Å². The first-order valence-corrected chi connectivity index (χ1v) is 13.4. The number of nitrogens with zero attached hydrogens (tertiary/aromatic N) is 1. The zero-order chi connectivity index (χ0) is 8.91. The SMILES string of the molecule is C[n+]1cc[nH]c1.Cl[I-](Cl)(Cl)Cl. The van der Waals surface area contributed by atoms with E-state index in [1.54, 1.807) is 0 Å². The summed E-state index contributed by atoms with van der Waals surface area (Å²) in [4.78, 5) is 2.89. The van der Waals surface area contributed by atoms with Crippen LogP contribution in [0.25, 0.3) is 0 Å². The van der Waals surface area contributed by atoms with Crippen molar-refractivity contribution in [2.45, 2.75) is 0 Å². The topological polar surface area (TPSA) is 19.7 Å². The summed E-state index contributed by atoms with van der Waals surface area (Å²) >= 11 is -3.05. The van der Waals surface area contributed by atoms with Gasteiger partial charge in [0.15, 0.2) is 0 Å². The van der Waals surface area contributed by atoms with E-state index < -0.39 is 13.9 Å². The number of hydrogen-bond acceptors (Lipinski definition) is 0. The summed E-state index contributed by atoms with van der Waals surface area (Å²) in [6, 6.07) is 0. The number of aryl methyl sites for hydroxylation is 1. The van der Waals surface area contributed by atoms with Gasteiger partial charge in [-0.25, -0.2) is 4.57 Å². The van der Waals surface area contributed by atoms with Gasteiger partial charge in [-0.3, -0.25) is 4.98 Å². The van der Waals surface area contributed by atoms with Gasteiger partial charge in [-0.15, -0.1) is 0 Å². The molecule has 1 N–H and O–H groups in total. The van der Waals surface area contributed by atoms with E-state index in [1.165, 1.54) is 0 Å². The molecule has 7 heteroatoms. The number of imidazole rings is 1. The Balaban J connectivity index is 0.000000187. The summed E-state index contributed by atoms with van der Waals surface area (Å²) in [5.74, 6) is 0. The first-order chi connectivity index (χ1) is 4.89. The fraction of sp³-hybridized carbons (Fsp3) is 0.250. The van der Waals surface area contributed by atoms with Crippen molar-refractivity contribution in [3.63, 3.8) is 0 Å². The number of nitrogens with one attached hydrogen (secondary N) is 1. The molecule has 0 aliphatic carbocycles. The summed E-state index contributed by atoms with van der Waals surface area (Å²) < 4.78 is 1.94. The van der Waals surface area contributed by atoms with E-state index in [2.05, 4.69) is 4.98 Å². The maximum absolute atomic E-state index is 5.01. The second kappa shape index (κ2) is 5.70. The van der Waals surface area contributed by atoms with Crippen molar-refractivity contribution in [1.82, 2.24) is 4.98 Å². The van der Waals surface area contributed by atoms with Crippen molar-refractivity contribution >= 4 is 35.6 Å². The van der Waals surface area contributed by atoms with Gasteiger partial charge in [0.1, 0.15) is 12.4 Å². The van der Waals surface area contributed by atoms with Crippen molar-refractivity contribution in [1.29, 1.82) is 0 Å². The Hall–Kier alpha value is 1.10. The fourth-order valence-corrected chi connectivity index (χ4v) is 0.364. The molecule has 0 aliphatic rings. The van der Waals surface area contributed by atoms with Crippen LogP contribution < -0.4 is 18.5 Å². The molecule has 1 aromatic heterocycles. The molecule has 0 saturated carbocycles. The zero-order valence-electron chi connectivity index (χ0n) is 5.57. The fourth-order valence-electron chi connectivity index (χ4n) is 0.364. The Kier molecular flexibility index (Phi) is 6.26. The van der Waals surface area contributed by atoms with Gasteiger partial charge < -0.3 is 0 Å². The molecule has 0 spiro atoms. The predicted molar refractivity (Wildman–Crippen MR) is 45.4 cm³/mol. The Morgan fingerprint density at radius 2 is 1.73 bits per heavy atom. The van der Waals surface area contributed by atoms with E-state index in [9.17, 15) is 0 Å². The van der Waals surface area contributed by atoms with Gasteiger partial charge in [0.2, 0.25) is 6.33 Å². The van der Waals surface area contributed by atoms with Gasteiger partial charge in [-0.05, 0) is 0 Å². The minimum absolute atomic E-state index is 1.88. The first kappa shape index (κ1) is 12.1. The molecule has 1 heterocycles. The van der Waals surface area contributed by atoms with Crippen LogP contribution in [0.15, 0.2) is 18.7 Å². The molecule has 0 bridgehead atoms. The third-order valence-electron chi connectivity index (χ3n) is 0.684.